The summed E-state index contributed by atoms with van der Waals surface area (Å²) in [6, 6.07) is 16.9. The van der Waals surface area contributed by atoms with Gasteiger partial charge in [0.15, 0.2) is 0 Å². The second-order valence-electron chi connectivity index (χ2n) is 5.13. The molecule has 3 rings (SSSR count). The second kappa shape index (κ2) is 5.37. The molecule has 0 unspecified atom stereocenters. The zero-order valence-electron chi connectivity index (χ0n) is 11.7. The molecule has 0 radical (unpaired) electrons. The molecule has 0 N–H and O–H groups in total. The number of hydrogen-bond acceptors (Lipinski definition) is 2. The van der Waals surface area contributed by atoms with E-state index in [-0.39, 0.29) is 18.2 Å². The average molecular weight is 277 g/mol. The number of carbonyl (C=O) groups excluding carboxylic acids is 2. The van der Waals surface area contributed by atoms with Crippen LogP contribution in [0.4, 0.5) is 5.69 Å². The van der Waals surface area contributed by atoms with Crippen LogP contribution in [0.5, 0.6) is 0 Å². The number of para-hydroxylation sites is 1. The van der Waals surface area contributed by atoms with Gasteiger partial charge in [0, 0.05) is 5.57 Å². The second-order valence-corrected chi connectivity index (χ2v) is 5.13. The molecule has 2 amide bonds. The molecule has 1 aliphatic rings. The Bertz CT molecular complexity index is 715. The maximum absolute atomic E-state index is 12.4. The van der Waals surface area contributed by atoms with Gasteiger partial charge in [-0.2, -0.15) is 0 Å². The molecule has 1 aliphatic heterocycles. The predicted molar refractivity (Wildman–Crippen MR) is 82.7 cm³/mol. The number of amides is 2. The first-order chi connectivity index (χ1) is 10.1. The Morgan fingerprint density at radius 3 is 2.29 bits per heavy atom. The molecule has 0 aliphatic carbocycles. The Labute approximate surface area is 123 Å². The largest absolute Gasteiger partial charge is 0.274 e. The van der Waals surface area contributed by atoms with Crippen LogP contribution in [-0.4, -0.2) is 11.8 Å². The van der Waals surface area contributed by atoms with Crippen molar-refractivity contribution in [3.05, 3.63) is 71.3 Å². The summed E-state index contributed by atoms with van der Waals surface area (Å²) in [6.07, 6.45) is 1.95. The SMILES string of the molecule is Cc1ccc(/C=C2\CC(=O)N(c3ccccc3)C2=O)cc1. The molecule has 2 aromatic carbocycles. The Hall–Kier alpha value is -2.68. The highest BCUT2D eigenvalue weighted by molar-refractivity contribution is 6.29. The fraction of sp³-hybridized carbons (Fsp3) is 0.111. The number of anilines is 1. The molecule has 104 valence electrons. The van der Waals surface area contributed by atoms with Gasteiger partial charge < -0.3 is 0 Å². The van der Waals surface area contributed by atoms with Crippen LogP contribution in [0, 0.1) is 6.92 Å². The first-order valence-corrected chi connectivity index (χ1v) is 6.85. The summed E-state index contributed by atoms with van der Waals surface area (Å²) in [5, 5.41) is 0. The molecule has 0 spiro atoms. The monoisotopic (exact) mass is 277 g/mol. The van der Waals surface area contributed by atoms with E-state index in [0.29, 0.717) is 11.3 Å². The van der Waals surface area contributed by atoms with E-state index in [0.717, 1.165) is 11.1 Å². The van der Waals surface area contributed by atoms with Gasteiger partial charge in [0.05, 0.1) is 12.1 Å². The summed E-state index contributed by atoms with van der Waals surface area (Å²) in [5.74, 6) is -0.406. The van der Waals surface area contributed by atoms with Crippen LogP contribution in [0.15, 0.2) is 60.2 Å². The number of nitrogens with zero attached hydrogens (tertiary/aromatic N) is 1. The molecule has 3 nitrogen and oxygen atoms in total. The van der Waals surface area contributed by atoms with Crippen molar-refractivity contribution in [2.24, 2.45) is 0 Å². The van der Waals surface area contributed by atoms with E-state index in [9.17, 15) is 9.59 Å². The lowest BCUT2D eigenvalue weighted by Gasteiger charge is -2.12. The molecular weight excluding hydrogens is 262 g/mol. The maximum atomic E-state index is 12.4. The highest BCUT2D eigenvalue weighted by Gasteiger charge is 2.34. The van der Waals surface area contributed by atoms with Crippen LogP contribution >= 0.6 is 0 Å². The first-order valence-electron chi connectivity index (χ1n) is 6.85. The van der Waals surface area contributed by atoms with Crippen molar-refractivity contribution in [3.8, 4) is 0 Å². The van der Waals surface area contributed by atoms with Gasteiger partial charge in [-0.3, -0.25) is 9.59 Å². The van der Waals surface area contributed by atoms with E-state index < -0.39 is 0 Å². The van der Waals surface area contributed by atoms with Gasteiger partial charge in [-0.15, -0.1) is 0 Å². The normalized spacial score (nSPS) is 16.8. The van der Waals surface area contributed by atoms with Gasteiger partial charge in [-0.25, -0.2) is 4.90 Å². The average Bonchev–Trinajstić information content (AvgIpc) is 2.77. The van der Waals surface area contributed by atoms with Crippen LogP contribution in [0.1, 0.15) is 17.5 Å². The summed E-state index contributed by atoms with van der Waals surface area (Å²) >= 11 is 0. The van der Waals surface area contributed by atoms with Crippen molar-refractivity contribution in [1.82, 2.24) is 0 Å². The van der Waals surface area contributed by atoms with E-state index in [4.69, 9.17) is 0 Å². The summed E-state index contributed by atoms with van der Waals surface area (Å²) in [4.78, 5) is 25.8. The minimum atomic E-state index is -0.230. The van der Waals surface area contributed by atoms with Gasteiger partial charge in [0.25, 0.3) is 5.91 Å². The Kier molecular flexibility index (Phi) is 3.40. The Morgan fingerprint density at radius 2 is 1.62 bits per heavy atom. The van der Waals surface area contributed by atoms with Crippen LogP contribution < -0.4 is 4.90 Å². The van der Waals surface area contributed by atoms with Gasteiger partial charge in [-0.1, -0.05) is 48.0 Å². The third kappa shape index (κ3) is 2.63. The molecule has 3 heteroatoms. The van der Waals surface area contributed by atoms with Crippen molar-refractivity contribution in [3.63, 3.8) is 0 Å². The molecule has 21 heavy (non-hydrogen) atoms. The standard InChI is InChI=1S/C18H15NO2/c1-13-7-9-14(10-8-13)11-15-12-17(20)19(18(15)21)16-5-3-2-4-6-16/h2-11H,12H2,1H3/b15-11+. The number of aryl methyl sites for hydroxylation is 1. The molecule has 2 aromatic rings. The minimum Gasteiger partial charge on any atom is -0.274 e. The lowest BCUT2D eigenvalue weighted by atomic mass is 10.1. The fourth-order valence-corrected chi connectivity index (χ4v) is 2.39. The minimum absolute atomic E-state index is 0.154. The smallest absolute Gasteiger partial charge is 0.261 e. The molecule has 1 heterocycles. The number of imide groups is 1. The molecule has 0 bridgehead atoms. The van der Waals surface area contributed by atoms with Crippen LogP contribution in [-0.2, 0) is 9.59 Å². The van der Waals surface area contributed by atoms with Gasteiger partial charge >= 0.3 is 0 Å². The number of rotatable bonds is 2. The van der Waals surface area contributed by atoms with E-state index in [1.807, 2.05) is 49.4 Å². The molecule has 1 saturated heterocycles. The van der Waals surface area contributed by atoms with Crippen molar-refractivity contribution >= 4 is 23.6 Å². The van der Waals surface area contributed by atoms with Gasteiger partial charge in [-0.05, 0) is 30.7 Å². The van der Waals surface area contributed by atoms with Crippen molar-refractivity contribution in [2.75, 3.05) is 4.90 Å². The van der Waals surface area contributed by atoms with Crippen LogP contribution in [0.3, 0.4) is 0 Å². The zero-order chi connectivity index (χ0) is 14.8. The lowest BCUT2D eigenvalue weighted by Crippen LogP contribution is -2.28. The van der Waals surface area contributed by atoms with Gasteiger partial charge in [0.1, 0.15) is 0 Å². The quantitative estimate of drug-likeness (QED) is 0.623. The third-order valence-electron chi connectivity index (χ3n) is 3.50. The molecule has 0 saturated carbocycles. The fourth-order valence-electron chi connectivity index (χ4n) is 2.39. The summed E-state index contributed by atoms with van der Waals surface area (Å²) in [7, 11) is 0. The molecule has 1 fully saturated rings. The summed E-state index contributed by atoms with van der Waals surface area (Å²) in [5.41, 5.74) is 3.26. The highest BCUT2D eigenvalue weighted by atomic mass is 16.2. The van der Waals surface area contributed by atoms with Crippen LogP contribution in [0.25, 0.3) is 6.08 Å². The van der Waals surface area contributed by atoms with Crippen molar-refractivity contribution < 1.29 is 9.59 Å². The van der Waals surface area contributed by atoms with Gasteiger partial charge in [0.2, 0.25) is 5.91 Å². The first kappa shape index (κ1) is 13.3. The molecule has 0 aromatic heterocycles. The number of hydrogen-bond donors (Lipinski definition) is 0. The van der Waals surface area contributed by atoms with Crippen LogP contribution in [0.2, 0.25) is 0 Å². The summed E-state index contributed by atoms with van der Waals surface area (Å²) < 4.78 is 0. The Morgan fingerprint density at radius 1 is 0.952 bits per heavy atom. The van der Waals surface area contributed by atoms with E-state index >= 15 is 0 Å². The predicted octanol–water partition coefficient (Wildman–Crippen LogP) is 3.34. The lowest BCUT2D eigenvalue weighted by molar-refractivity contribution is -0.120. The molecular formula is C18H15NO2. The van der Waals surface area contributed by atoms with Crippen molar-refractivity contribution in [1.29, 1.82) is 0 Å². The summed E-state index contributed by atoms with van der Waals surface area (Å²) in [6.45, 7) is 2.01. The number of carbonyl (C=O) groups is 2. The third-order valence-corrected chi connectivity index (χ3v) is 3.50. The maximum Gasteiger partial charge on any atom is 0.261 e. The van der Waals surface area contributed by atoms with E-state index in [2.05, 4.69) is 0 Å². The van der Waals surface area contributed by atoms with E-state index in [1.165, 1.54) is 4.90 Å². The van der Waals surface area contributed by atoms with Crippen molar-refractivity contribution in [2.45, 2.75) is 13.3 Å². The highest BCUT2D eigenvalue weighted by Crippen LogP contribution is 2.27. The van der Waals surface area contributed by atoms with E-state index in [1.54, 1.807) is 18.2 Å². The number of benzene rings is 2. The topological polar surface area (TPSA) is 37.4 Å². The zero-order valence-corrected chi connectivity index (χ0v) is 11.7. The molecule has 0 atom stereocenters. The Balaban J connectivity index is 1.92.